The van der Waals surface area contributed by atoms with Gasteiger partial charge in [0.05, 0.1) is 25.2 Å². The molecule has 2 saturated heterocycles. The fraction of sp³-hybridized carbons (Fsp3) is 0.550. The van der Waals surface area contributed by atoms with Crippen LogP contribution in [0.1, 0.15) is 0 Å². The van der Waals surface area contributed by atoms with Crippen LogP contribution >= 0.6 is 0 Å². The molecule has 1 saturated carbocycles. The van der Waals surface area contributed by atoms with Gasteiger partial charge < -0.3 is 19.5 Å². The first-order chi connectivity index (χ1) is 14.4. The van der Waals surface area contributed by atoms with E-state index in [1.807, 2.05) is 17.0 Å². The van der Waals surface area contributed by atoms with Crippen molar-refractivity contribution in [3.8, 4) is 0 Å². The molecule has 3 fully saturated rings. The Morgan fingerprint density at radius 1 is 1.23 bits per heavy atom. The number of morpholine rings is 1. The van der Waals surface area contributed by atoms with E-state index in [0.717, 1.165) is 12.2 Å². The van der Waals surface area contributed by atoms with Crippen LogP contribution in [0, 0.1) is 23.6 Å². The van der Waals surface area contributed by atoms with Crippen molar-refractivity contribution in [3.05, 3.63) is 36.5 Å². The van der Waals surface area contributed by atoms with E-state index in [1.54, 1.807) is 17.7 Å². The van der Waals surface area contributed by atoms with Gasteiger partial charge in [0.25, 0.3) is 10.0 Å². The molecule has 10 heteroatoms. The Morgan fingerprint density at radius 3 is 2.60 bits per heavy atom. The Balaban J connectivity index is 1.15. The first-order valence-electron chi connectivity index (χ1n) is 10.3. The summed E-state index contributed by atoms with van der Waals surface area (Å²) in [4.78, 5) is 6.00. The number of aryl methyl sites for hydroxylation is 1. The topological polar surface area (TPSA) is 79.7 Å². The van der Waals surface area contributed by atoms with E-state index in [9.17, 15) is 12.8 Å². The quantitative estimate of drug-likeness (QED) is 0.739. The predicted molar refractivity (Wildman–Crippen MR) is 110 cm³/mol. The summed E-state index contributed by atoms with van der Waals surface area (Å²) in [6.45, 7) is 4.43. The number of sulfonamides is 1. The Hall–Kier alpha value is -2.17. The maximum absolute atomic E-state index is 14.5. The molecule has 0 amide bonds. The van der Waals surface area contributed by atoms with Gasteiger partial charge in [-0.3, -0.25) is 0 Å². The van der Waals surface area contributed by atoms with Crippen LogP contribution in [0.15, 0.2) is 35.7 Å². The third kappa shape index (κ3) is 3.57. The summed E-state index contributed by atoms with van der Waals surface area (Å²) in [6.07, 6.45) is 3.04. The second-order valence-electron chi connectivity index (χ2n) is 8.34. The lowest BCUT2D eigenvalue weighted by atomic mass is 10.2. The average molecular weight is 436 g/mol. The minimum absolute atomic E-state index is 0.108. The number of hydrogen-bond acceptors (Lipinski definition) is 6. The van der Waals surface area contributed by atoms with Crippen LogP contribution < -0.4 is 10.2 Å². The van der Waals surface area contributed by atoms with Crippen molar-refractivity contribution in [1.82, 2.24) is 13.9 Å². The smallest absolute Gasteiger partial charge is 0.262 e. The molecule has 2 aliphatic heterocycles. The number of imidazole rings is 1. The molecule has 3 aliphatic rings. The molecule has 1 aromatic carbocycles. The van der Waals surface area contributed by atoms with Crippen LogP contribution in [-0.4, -0.2) is 68.2 Å². The summed E-state index contributed by atoms with van der Waals surface area (Å²) in [6, 6.07) is 5.27. The minimum Gasteiger partial charge on any atom is -0.385 e. The molecule has 30 heavy (non-hydrogen) atoms. The number of anilines is 2. The fourth-order valence-electron chi connectivity index (χ4n) is 4.68. The van der Waals surface area contributed by atoms with E-state index in [2.05, 4.69) is 10.3 Å². The minimum atomic E-state index is -3.51. The normalized spacial score (nSPS) is 26.6. The van der Waals surface area contributed by atoms with Gasteiger partial charge in [0.15, 0.2) is 5.03 Å². The highest BCUT2D eigenvalue weighted by Crippen LogP contribution is 2.52. The number of fused-ring (bicyclic) bond motifs is 1. The van der Waals surface area contributed by atoms with Gasteiger partial charge in [0, 0.05) is 51.7 Å². The summed E-state index contributed by atoms with van der Waals surface area (Å²) in [5, 5.41) is 3.44. The Bertz CT molecular complexity index is 1020. The molecule has 0 bridgehead atoms. The van der Waals surface area contributed by atoms with Crippen LogP contribution in [0.2, 0.25) is 0 Å². The first-order valence-corrected chi connectivity index (χ1v) is 11.7. The second kappa shape index (κ2) is 7.51. The molecule has 2 aromatic rings. The molecule has 162 valence electrons. The zero-order valence-corrected chi connectivity index (χ0v) is 17.7. The number of nitrogens with one attached hydrogen (secondary N) is 1. The molecule has 5 rings (SSSR count). The van der Waals surface area contributed by atoms with Crippen molar-refractivity contribution in [1.29, 1.82) is 0 Å². The van der Waals surface area contributed by atoms with Crippen molar-refractivity contribution in [2.24, 2.45) is 24.8 Å². The van der Waals surface area contributed by atoms with E-state index in [1.165, 1.54) is 16.8 Å². The van der Waals surface area contributed by atoms with Gasteiger partial charge in [-0.25, -0.2) is 17.8 Å². The van der Waals surface area contributed by atoms with E-state index < -0.39 is 10.0 Å². The van der Waals surface area contributed by atoms with E-state index in [0.29, 0.717) is 62.8 Å². The maximum atomic E-state index is 14.5. The molecule has 1 aliphatic carbocycles. The highest BCUT2D eigenvalue weighted by Gasteiger charge is 2.57. The molecule has 0 spiro atoms. The molecule has 1 aromatic heterocycles. The summed E-state index contributed by atoms with van der Waals surface area (Å²) in [5.74, 6) is 0.898. The first kappa shape index (κ1) is 19.8. The summed E-state index contributed by atoms with van der Waals surface area (Å²) in [7, 11) is -1.76. The Kier molecular flexibility index (Phi) is 4.95. The van der Waals surface area contributed by atoms with Gasteiger partial charge in [-0.15, -0.1) is 0 Å². The van der Waals surface area contributed by atoms with Crippen molar-refractivity contribution in [2.45, 2.75) is 5.03 Å². The highest BCUT2D eigenvalue weighted by molar-refractivity contribution is 7.89. The largest absolute Gasteiger partial charge is 0.385 e. The van der Waals surface area contributed by atoms with E-state index >= 15 is 0 Å². The van der Waals surface area contributed by atoms with E-state index in [4.69, 9.17) is 4.74 Å². The van der Waals surface area contributed by atoms with Crippen LogP contribution in [0.4, 0.5) is 15.8 Å². The molecule has 2 unspecified atom stereocenters. The lowest BCUT2D eigenvalue weighted by Crippen LogP contribution is -2.36. The lowest BCUT2D eigenvalue weighted by Gasteiger charge is -2.29. The number of ether oxygens (including phenoxy) is 1. The SMILES string of the molecule is Cn1cnc(S(=O)(=O)N2CC3C(CNc4ccc(N5CCOCC5)c(F)c4)C3C2)c1. The number of aromatic nitrogens is 2. The summed E-state index contributed by atoms with van der Waals surface area (Å²) in [5.41, 5.74) is 1.37. The number of hydrogen-bond donors (Lipinski definition) is 1. The highest BCUT2D eigenvalue weighted by atomic mass is 32.2. The van der Waals surface area contributed by atoms with Crippen LogP contribution in [0.3, 0.4) is 0 Å². The number of piperidine rings is 1. The van der Waals surface area contributed by atoms with Gasteiger partial charge in [-0.2, -0.15) is 4.31 Å². The molecule has 3 heterocycles. The Morgan fingerprint density at radius 2 is 1.97 bits per heavy atom. The number of halogens is 1. The van der Waals surface area contributed by atoms with Crippen LogP contribution in [-0.2, 0) is 21.8 Å². The molecular formula is C20H26FN5O3S. The van der Waals surface area contributed by atoms with Gasteiger partial charge in [0.1, 0.15) is 5.82 Å². The van der Waals surface area contributed by atoms with Crippen molar-refractivity contribution >= 4 is 21.4 Å². The molecule has 8 nitrogen and oxygen atoms in total. The standard InChI is InChI=1S/C20H26FN5O3S/c1-24-12-20(23-13-24)30(27,28)26-10-16-15(17(16)11-26)9-22-14-2-3-19(18(21)8-14)25-4-6-29-7-5-25/h2-3,8,12-13,15-17,22H,4-7,9-11H2,1H3. The van der Waals surface area contributed by atoms with Gasteiger partial charge in [0.2, 0.25) is 0 Å². The third-order valence-corrected chi connectivity index (χ3v) is 8.18. The lowest BCUT2D eigenvalue weighted by molar-refractivity contribution is 0.122. The van der Waals surface area contributed by atoms with Gasteiger partial charge in [-0.05, 0) is 36.0 Å². The zero-order valence-electron chi connectivity index (χ0n) is 16.9. The predicted octanol–water partition coefficient (Wildman–Crippen LogP) is 1.37. The average Bonchev–Trinajstić information content (AvgIpc) is 3.08. The fourth-order valence-corrected chi connectivity index (χ4v) is 6.16. The number of benzene rings is 1. The molecule has 2 atom stereocenters. The molecule has 0 radical (unpaired) electrons. The third-order valence-electron chi connectivity index (χ3n) is 6.46. The zero-order chi connectivity index (χ0) is 20.9. The van der Waals surface area contributed by atoms with Gasteiger partial charge in [-0.1, -0.05) is 0 Å². The van der Waals surface area contributed by atoms with Crippen LogP contribution in [0.25, 0.3) is 0 Å². The summed E-state index contributed by atoms with van der Waals surface area (Å²) < 4.78 is 48.4. The summed E-state index contributed by atoms with van der Waals surface area (Å²) >= 11 is 0. The van der Waals surface area contributed by atoms with Crippen LogP contribution in [0.5, 0.6) is 0 Å². The molecule has 1 N–H and O–H groups in total. The Labute approximate surface area is 175 Å². The van der Waals surface area contributed by atoms with Crippen molar-refractivity contribution in [2.75, 3.05) is 56.2 Å². The van der Waals surface area contributed by atoms with Gasteiger partial charge >= 0.3 is 0 Å². The number of rotatable bonds is 6. The number of nitrogens with zero attached hydrogens (tertiary/aromatic N) is 4. The maximum Gasteiger partial charge on any atom is 0.262 e. The monoisotopic (exact) mass is 435 g/mol. The van der Waals surface area contributed by atoms with E-state index in [-0.39, 0.29) is 10.8 Å². The molecular weight excluding hydrogens is 409 g/mol. The van der Waals surface area contributed by atoms with Crippen molar-refractivity contribution in [3.63, 3.8) is 0 Å². The second-order valence-corrected chi connectivity index (χ2v) is 10.2. The van der Waals surface area contributed by atoms with Crippen molar-refractivity contribution < 1.29 is 17.5 Å².